The van der Waals surface area contributed by atoms with E-state index in [9.17, 15) is 5.26 Å². The van der Waals surface area contributed by atoms with Crippen LogP contribution < -0.4 is 5.32 Å². The first kappa shape index (κ1) is 13.2. The monoisotopic (exact) mass is 289 g/mol. The standard InChI is InChI=1S/C14H16ClN5/c1-14(2,3)12-9(7-16)13-18-10(15)6-11(20(13)19-12)17-8-4-5-8/h6,8,17H,4-5H2,1-3H3. The van der Waals surface area contributed by atoms with Gasteiger partial charge in [-0.25, -0.2) is 4.98 Å². The van der Waals surface area contributed by atoms with Crippen LogP contribution in [-0.4, -0.2) is 20.6 Å². The highest BCUT2D eigenvalue weighted by Gasteiger charge is 2.28. The summed E-state index contributed by atoms with van der Waals surface area (Å²) in [4.78, 5) is 4.27. The second kappa shape index (κ2) is 4.35. The lowest BCUT2D eigenvalue weighted by molar-refractivity contribution is 0.561. The lowest BCUT2D eigenvalue weighted by atomic mass is 9.90. The van der Waals surface area contributed by atoms with Crippen LogP contribution >= 0.6 is 11.6 Å². The number of aromatic nitrogens is 3. The van der Waals surface area contributed by atoms with Gasteiger partial charge in [0, 0.05) is 17.5 Å². The Hall–Kier alpha value is -1.80. The van der Waals surface area contributed by atoms with Crippen molar-refractivity contribution in [2.45, 2.75) is 45.1 Å². The fourth-order valence-electron chi connectivity index (χ4n) is 2.16. The highest BCUT2D eigenvalue weighted by molar-refractivity contribution is 6.29. The summed E-state index contributed by atoms with van der Waals surface area (Å²) >= 11 is 6.08. The van der Waals surface area contributed by atoms with Crippen molar-refractivity contribution in [2.75, 3.05) is 5.32 Å². The van der Waals surface area contributed by atoms with Crippen LogP contribution in [0.4, 0.5) is 5.82 Å². The fourth-order valence-corrected chi connectivity index (χ4v) is 2.34. The van der Waals surface area contributed by atoms with Gasteiger partial charge in [-0.15, -0.1) is 0 Å². The molecule has 0 atom stereocenters. The topological polar surface area (TPSA) is 66.0 Å². The maximum absolute atomic E-state index is 9.44. The van der Waals surface area contributed by atoms with E-state index in [0.717, 1.165) is 24.4 Å². The van der Waals surface area contributed by atoms with Crippen molar-refractivity contribution in [3.8, 4) is 6.07 Å². The highest BCUT2D eigenvalue weighted by atomic mass is 35.5. The molecule has 2 aromatic rings. The van der Waals surface area contributed by atoms with E-state index in [0.29, 0.717) is 22.4 Å². The molecule has 5 nitrogen and oxygen atoms in total. The summed E-state index contributed by atoms with van der Waals surface area (Å²) in [5.74, 6) is 0.800. The molecule has 104 valence electrons. The molecular formula is C14H16ClN5. The van der Waals surface area contributed by atoms with E-state index in [1.807, 2.05) is 20.8 Å². The minimum Gasteiger partial charge on any atom is -0.367 e. The third-order valence-electron chi connectivity index (χ3n) is 3.31. The normalized spacial score (nSPS) is 15.3. The first-order chi connectivity index (χ1) is 9.40. The molecule has 0 aromatic carbocycles. The molecule has 6 heteroatoms. The van der Waals surface area contributed by atoms with Crippen LogP contribution in [0.5, 0.6) is 0 Å². The fraction of sp³-hybridized carbons (Fsp3) is 0.500. The first-order valence-corrected chi connectivity index (χ1v) is 7.04. The summed E-state index contributed by atoms with van der Waals surface area (Å²) in [5, 5.41) is 17.8. The molecule has 1 saturated carbocycles. The predicted molar refractivity (Wildman–Crippen MR) is 78.1 cm³/mol. The summed E-state index contributed by atoms with van der Waals surface area (Å²) in [6.07, 6.45) is 2.31. The van der Waals surface area contributed by atoms with Gasteiger partial charge in [0.25, 0.3) is 0 Å². The van der Waals surface area contributed by atoms with Crippen molar-refractivity contribution < 1.29 is 0 Å². The van der Waals surface area contributed by atoms with Crippen molar-refractivity contribution in [1.82, 2.24) is 14.6 Å². The molecule has 1 fully saturated rings. The summed E-state index contributed by atoms with van der Waals surface area (Å²) in [5.41, 5.74) is 1.54. The van der Waals surface area contributed by atoms with Gasteiger partial charge in [-0.1, -0.05) is 32.4 Å². The van der Waals surface area contributed by atoms with Gasteiger partial charge < -0.3 is 5.32 Å². The molecule has 2 heterocycles. The molecule has 0 aliphatic heterocycles. The van der Waals surface area contributed by atoms with Crippen molar-refractivity contribution >= 4 is 23.1 Å². The molecule has 0 amide bonds. The molecular weight excluding hydrogens is 274 g/mol. The molecule has 0 unspecified atom stereocenters. The average molecular weight is 290 g/mol. The second-order valence-corrected chi connectivity index (χ2v) is 6.59. The number of rotatable bonds is 2. The van der Waals surface area contributed by atoms with Gasteiger partial charge in [0.1, 0.15) is 22.6 Å². The van der Waals surface area contributed by atoms with Crippen molar-refractivity contribution in [1.29, 1.82) is 5.26 Å². The minimum absolute atomic E-state index is 0.220. The summed E-state index contributed by atoms with van der Waals surface area (Å²) in [6.45, 7) is 6.10. The lowest BCUT2D eigenvalue weighted by Crippen LogP contribution is -2.14. The van der Waals surface area contributed by atoms with Gasteiger partial charge in [0.15, 0.2) is 5.65 Å². The molecule has 2 aromatic heterocycles. The van der Waals surface area contributed by atoms with Crippen molar-refractivity contribution in [3.05, 3.63) is 22.5 Å². The molecule has 3 rings (SSSR count). The Morgan fingerprint density at radius 3 is 2.70 bits per heavy atom. The van der Waals surface area contributed by atoms with Gasteiger partial charge in [-0.3, -0.25) is 0 Å². The second-order valence-electron chi connectivity index (χ2n) is 6.20. The molecule has 0 saturated heterocycles. The minimum atomic E-state index is -0.220. The number of nitrogens with one attached hydrogen (secondary N) is 1. The quantitative estimate of drug-likeness (QED) is 0.863. The Labute approximate surface area is 122 Å². The summed E-state index contributed by atoms with van der Waals surface area (Å²) in [6, 6.07) is 4.45. The van der Waals surface area contributed by atoms with Crippen LogP contribution in [0.15, 0.2) is 6.07 Å². The molecule has 1 aliphatic rings. The van der Waals surface area contributed by atoms with E-state index >= 15 is 0 Å². The highest BCUT2D eigenvalue weighted by Crippen LogP contribution is 2.31. The summed E-state index contributed by atoms with van der Waals surface area (Å²) < 4.78 is 1.70. The van der Waals surface area contributed by atoms with Gasteiger partial charge in [0.05, 0.1) is 5.69 Å². The van der Waals surface area contributed by atoms with Crippen molar-refractivity contribution in [2.24, 2.45) is 0 Å². The number of nitriles is 1. The Kier molecular flexibility index (Phi) is 2.87. The smallest absolute Gasteiger partial charge is 0.177 e. The Morgan fingerprint density at radius 1 is 1.45 bits per heavy atom. The number of halogens is 1. The molecule has 0 radical (unpaired) electrons. The Bertz CT molecular complexity index is 716. The maximum atomic E-state index is 9.44. The van der Waals surface area contributed by atoms with Crippen LogP contribution in [0.1, 0.15) is 44.9 Å². The van der Waals surface area contributed by atoms with Crippen LogP contribution in [0.2, 0.25) is 5.15 Å². The molecule has 20 heavy (non-hydrogen) atoms. The van der Waals surface area contributed by atoms with Gasteiger partial charge in [-0.05, 0) is 12.8 Å². The van der Waals surface area contributed by atoms with E-state index in [-0.39, 0.29) is 5.41 Å². The number of anilines is 1. The molecule has 0 spiro atoms. The summed E-state index contributed by atoms with van der Waals surface area (Å²) in [7, 11) is 0. The van der Waals surface area contributed by atoms with Crippen molar-refractivity contribution in [3.63, 3.8) is 0 Å². The maximum Gasteiger partial charge on any atom is 0.177 e. The average Bonchev–Trinajstić information content (AvgIpc) is 3.06. The van der Waals surface area contributed by atoms with E-state index in [2.05, 4.69) is 21.5 Å². The third-order valence-corrected chi connectivity index (χ3v) is 3.50. The van der Waals surface area contributed by atoms with Crippen LogP contribution in [-0.2, 0) is 5.41 Å². The molecule has 0 bridgehead atoms. The third kappa shape index (κ3) is 2.20. The first-order valence-electron chi connectivity index (χ1n) is 6.66. The van der Waals surface area contributed by atoms with Crippen LogP contribution in [0.3, 0.4) is 0 Å². The Balaban J connectivity index is 2.26. The zero-order valence-electron chi connectivity index (χ0n) is 11.7. The number of fused-ring (bicyclic) bond motifs is 1. The van der Waals surface area contributed by atoms with E-state index < -0.39 is 0 Å². The SMILES string of the molecule is CC(C)(C)c1nn2c(NC3CC3)cc(Cl)nc2c1C#N. The number of hydrogen-bond donors (Lipinski definition) is 1. The van der Waals surface area contributed by atoms with E-state index in [1.54, 1.807) is 10.6 Å². The number of nitrogens with zero attached hydrogens (tertiary/aromatic N) is 4. The zero-order chi connectivity index (χ0) is 14.5. The Morgan fingerprint density at radius 2 is 2.15 bits per heavy atom. The zero-order valence-corrected chi connectivity index (χ0v) is 12.5. The van der Waals surface area contributed by atoms with Gasteiger partial charge in [0.2, 0.25) is 0 Å². The van der Waals surface area contributed by atoms with E-state index in [4.69, 9.17) is 11.6 Å². The molecule has 1 aliphatic carbocycles. The lowest BCUT2D eigenvalue weighted by Gasteiger charge is -2.14. The van der Waals surface area contributed by atoms with Gasteiger partial charge >= 0.3 is 0 Å². The van der Waals surface area contributed by atoms with E-state index in [1.165, 1.54) is 0 Å². The van der Waals surface area contributed by atoms with Crippen LogP contribution in [0.25, 0.3) is 5.65 Å². The predicted octanol–water partition coefficient (Wildman–Crippen LogP) is 3.13. The van der Waals surface area contributed by atoms with Crippen LogP contribution in [0, 0.1) is 11.3 Å². The molecule has 1 N–H and O–H groups in total. The van der Waals surface area contributed by atoms with Gasteiger partial charge in [-0.2, -0.15) is 14.9 Å². The largest absolute Gasteiger partial charge is 0.367 e. The number of hydrogen-bond acceptors (Lipinski definition) is 4.